The molecule has 2 aliphatic rings. The van der Waals surface area contributed by atoms with Crippen molar-refractivity contribution in [3.8, 4) is 0 Å². The minimum atomic E-state index is -2.26. The standard InChI is InChI=1S/C20H26N4O11/c1-9-5-23(17(31)21-15(9)29)19(3-11(27)13(7-25)33-19)35-20(4-12(28)14(8-26)34-20)24-6-10(2)16(30)22-18(24)32/h5-6,11-14,25-28H,3-4,7-8H2,1-2H3,(H,21,29,31)(H,22,30,32)/t11-,12-,13+,14+,19-,20-/m0/s1. The fraction of sp³-hybridized carbons (Fsp3) is 0.600. The minimum Gasteiger partial charge on any atom is -0.394 e. The number of rotatable bonds is 6. The highest BCUT2D eigenvalue weighted by Gasteiger charge is 2.59. The second kappa shape index (κ2) is 8.94. The minimum absolute atomic E-state index is 0.0739. The number of aromatic nitrogens is 4. The van der Waals surface area contributed by atoms with Crippen LogP contribution in [0.25, 0.3) is 0 Å². The van der Waals surface area contributed by atoms with Crippen LogP contribution in [0, 0.1) is 13.8 Å². The van der Waals surface area contributed by atoms with Gasteiger partial charge in [-0.25, -0.2) is 18.7 Å². The van der Waals surface area contributed by atoms with E-state index in [1.165, 1.54) is 13.8 Å². The van der Waals surface area contributed by atoms with Gasteiger partial charge in [0.2, 0.25) is 0 Å². The number of ether oxygens (including phenoxy) is 3. The SMILES string of the molecule is Cc1cn([C@@]2(O[C@]3(n4cc(C)c(=O)[nH]c4=O)C[C@H](O)[C@@H](CO)O3)C[C@H](O)[C@@H](CO)O2)c(=O)[nH]c1=O. The van der Waals surface area contributed by atoms with Crippen LogP contribution in [-0.2, 0) is 26.0 Å². The van der Waals surface area contributed by atoms with Gasteiger partial charge in [-0.1, -0.05) is 0 Å². The van der Waals surface area contributed by atoms with Crippen molar-refractivity contribution >= 4 is 0 Å². The largest absolute Gasteiger partial charge is 0.394 e. The van der Waals surface area contributed by atoms with Crippen LogP contribution >= 0.6 is 0 Å². The Labute approximate surface area is 195 Å². The van der Waals surface area contributed by atoms with Gasteiger partial charge in [-0.3, -0.25) is 24.3 Å². The average Bonchev–Trinajstić information content (AvgIpc) is 3.29. The fourth-order valence-electron chi connectivity index (χ4n) is 4.26. The lowest BCUT2D eigenvalue weighted by atomic mass is 10.1. The van der Waals surface area contributed by atoms with Gasteiger partial charge in [0, 0.05) is 23.5 Å². The molecule has 0 saturated carbocycles. The predicted molar refractivity (Wildman–Crippen MR) is 114 cm³/mol. The first-order valence-corrected chi connectivity index (χ1v) is 10.7. The second-order valence-corrected chi connectivity index (χ2v) is 8.63. The summed E-state index contributed by atoms with van der Waals surface area (Å²) in [4.78, 5) is 53.7. The van der Waals surface area contributed by atoms with Gasteiger partial charge < -0.3 is 29.9 Å². The Morgan fingerprint density at radius 2 is 1.23 bits per heavy atom. The molecule has 15 nitrogen and oxygen atoms in total. The lowest BCUT2D eigenvalue weighted by molar-refractivity contribution is -0.420. The third-order valence-electron chi connectivity index (χ3n) is 6.12. The average molecular weight is 498 g/mol. The van der Waals surface area contributed by atoms with Crippen molar-refractivity contribution in [1.29, 1.82) is 0 Å². The van der Waals surface area contributed by atoms with Crippen LogP contribution in [0.2, 0.25) is 0 Å². The predicted octanol–water partition coefficient (Wildman–Crippen LogP) is -3.77. The van der Waals surface area contributed by atoms with Crippen LogP contribution in [-0.4, -0.2) is 77.2 Å². The van der Waals surface area contributed by atoms with Crippen molar-refractivity contribution < 1.29 is 34.6 Å². The van der Waals surface area contributed by atoms with E-state index < -0.39 is 84.8 Å². The van der Waals surface area contributed by atoms with E-state index in [-0.39, 0.29) is 11.1 Å². The normalized spacial score (nSPS) is 32.9. The molecule has 15 heteroatoms. The van der Waals surface area contributed by atoms with Gasteiger partial charge in [0.05, 0.1) is 38.3 Å². The molecule has 0 aliphatic carbocycles. The van der Waals surface area contributed by atoms with E-state index in [4.69, 9.17) is 14.2 Å². The molecule has 0 radical (unpaired) electrons. The molecule has 0 bridgehead atoms. The molecule has 6 atom stereocenters. The molecule has 0 unspecified atom stereocenters. The molecule has 6 N–H and O–H groups in total. The Morgan fingerprint density at radius 1 is 0.857 bits per heavy atom. The molecule has 2 aliphatic heterocycles. The first kappa shape index (κ1) is 25.2. The summed E-state index contributed by atoms with van der Waals surface area (Å²) < 4.78 is 19.4. The lowest BCUT2D eigenvalue weighted by Gasteiger charge is -2.40. The van der Waals surface area contributed by atoms with Crippen molar-refractivity contribution in [3.05, 3.63) is 65.2 Å². The summed E-state index contributed by atoms with van der Waals surface area (Å²) in [7, 11) is 0. The van der Waals surface area contributed by atoms with Gasteiger partial charge in [-0.15, -0.1) is 0 Å². The highest BCUT2D eigenvalue weighted by atomic mass is 16.8. The Morgan fingerprint density at radius 3 is 1.54 bits per heavy atom. The molecule has 4 rings (SSSR count). The van der Waals surface area contributed by atoms with Gasteiger partial charge in [0.1, 0.15) is 12.2 Å². The summed E-state index contributed by atoms with van der Waals surface area (Å²) in [5, 5.41) is 40.4. The van der Waals surface area contributed by atoms with Crippen molar-refractivity contribution in [2.45, 2.75) is 62.9 Å². The third-order valence-corrected chi connectivity index (χ3v) is 6.12. The van der Waals surface area contributed by atoms with Crippen LogP contribution in [0.3, 0.4) is 0 Å². The van der Waals surface area contributed by atoms with Crippen LogP contribution < -0.4 is 22.5 Å². The molecule has 35 heavy (non-hydrogen) atoms. The highest BCUT2D eigenvalue weighted by Crippen LogP contribution is 2.45. The number of aryl methyl sites for hydroxylation is 2. The topological polar surface area (TPSA) is 218 Å². The Hall–Kier alpha value is -2.92. The molecule has 0 amide bonds. The number of aliphatic hydroxyl groups is 4. The number of nitrogens with zero attached hydrogens (tertiary/aromatic N) is 2. The molecular weight excluding hydrogens is 472 g/mol. The summed E-state index contributed by atoms with van der Waals surface area (Å²) in [6, 6.07) is 0. The van der Waals surface area contributed by atoms with Gasteiger partial charge in [0.15, 0.2) is 0 Å². The van der Waals surface area contributed by atoms with Crippen molar-refractivity contribution in [3.63, 3.8) is 0 Å². The molecule has 0 spiro atoms. The smallest absolute Gasteiger partial charge is 0.332 e. The number of aliphatic hydroxyl groups excluding tert-OH is 4. The first-order chi connectivity index (χ1) is 16.4. The Balaban J connectivity index is 1.95. The molecule has 2 aromatic heterocycles. The zero-order valence-corrected chi connectivity index (χ0v) is 18.8. The van der Waals surface area contributed by atoms with E-state index in [2.05, 4.69) is 9.97 Å². The molecular formula is C20H26N4O11. The number of H-pyrrole nitrogens is 2. The summed E-state index contributed by atoms with van der Waals surface area (Å²) in [6.07, 6.45) is -3.90. The first-order valence-electron chi connectivity index (χ1n) is 10.7. The molecule has 0 aromatic carbocycles. The Kier molecular flexibility index (Phi) is 6.43. The Bertz CT molecular complexity index is 1240. The molecule has 4 heterocycles. The third kappa shape index (κ3) is 4.20. The van der Waals surface area contributed by atoms with Crippen LogP contribution in [0.1, 0.15) is 24.0 Å². The van der Waals surface area contributed by atoms with Gasteiger partial charge in [0.25, 0.3) is 22.9 Å². The number of hydrogen-bond acceptors (Lipinski definition) is 11. The van der Waals surface area contributed by atoms with E-state index in [0.29, 0.717) is 0 Å². The molecule has 192 valence electrons. The summed E-state index contributed by atoms with van der Waals surface area (Å²) in [6.45, 7) is 1.47. The number of nitrogens with one attached hydrogen (secondary N) is 2. The maximum absolute atomic E-state index is 12.8. The summed E-state index contributed by atoms with van der Waals surface area (Å²) in [5.41, 5.74) is -3.22. The highest BCUT2D eigenvalue weighted by molar-refractivity contribution is 5.06. The zero-order chi connectivity index (χ0) is 25.7. The monoisotopic (exact) mass is 498 g/mol. The molecule has 2 aromatic rings. The van der Waals surface area contributed by atoms with Crippen molar-refractivity contribution in [1.82, 2.24) is 19.1 Å². The van der Waals surface area contributed by atoms with Gasteiger partial charge in [-0.2, -0.15) is 0 Å². The lowest BCUT2D eigenvalue weighted by Crippen LogP contribution is -2.55. The summed E-state index contributed by atoms with van der Waals surface area (Å²) in [5.74, 6) is -4.52. The van der Waals surface area contributed by atoms with Crippen LogP contribution in [0.4, 0.5) is 0 Å². The van der Waals surface area contributed by atoms with Gasteiger partial charge in [-0.05, 0) is 13.8 Å². The molecule has 2 fully saturated rings. The zero-order valence-electron chi connectivity index (χ0n) is 18.8. The number of aromatic amines is 2. The molecule has 2 saturated heterocycles. The fourth-order valence-corrected chi connectivity index (χ4v) is 4.26. The number of hydrogen-bond donors (Lipinski definition) is 6. The van der Waals surface area contributed by atoms with E-state index in [1.807, 2.05) is 0 Å². The van der Waals surface area contributed by atoms with Crippen molar-refractivity contribution in [2.24, 2.45) is 0 Å². The van der Waals surface area contributed by atoms with Gasteiger partial charge >= 0.3 is 11.4 Å². The van der Waals surface area contributed by atoms with E-state index in [1.54, 1.807) is 0 Å². The van der Waals surface area contributed by atoms with E-state index in [9.17, 15) is 39.6 Å². The second-order valence-electron chi connectivity index (χ2n) is 8.63. The van der Waals surface area contributed by atoms with E-state index in [0.717, 1.165) is 21.5 Å². The summed E-state index contributed by atoms with van der Waals surface area (Å²) >= 11 is 0. The van der Waals surface area contributed by atoms with Crippen molar-refractivity contribution in [2.75, 3.05) is 13.2 Å². The van der Waals surface area contributed by atoms with Crippen LogP contribution in [0.15, 0.2) is 31.6 Å². The van der Waals surface area contributed by atoms with Crippen LogP contribution in [0.5, 0.6) is 0 Å². The maximum atomic E-state index is 12.8. The maximum Gasteiger partial charge on any atom is 0.332 e. The quantitative estimate of drug-likeness (QED) is 0.227. The van der Waals surface area contributed by atoms with E-state index >= 15 is 0 Å².